The summed E-state index contributed by atoms with van der Waals surface area (Å²) < 4.78 is 31.0. The van der Waals surface area contributed by atoms with Gasteiger partial charge in [0.05, 0.1) is 49.3 Å². The summed E-state index contributed by atoms with van der Waals surface area (Å²) in [7, 11) is 3.12. The lowest BCUT2D eigenvalue weighted by atomic mass is 9.95. The zero-order valence-corrected chi connectivity index (χ0v) is 28.0. The summed E-state index contributed by atoms with van der Waals surface area (Å²) in [5.41, 5.74) is 2.83. The fourth-order valence-corrected chi connectivity index (χ4v) is 6.64. The fourth-order valence-electron chi connectivity index (χ4n) is 5.05. The first-order valence-corrected chi connectivity index (χ1v) is 15.9. The number of thiazole rings is 1. The topological polar surface area (TPSA) is 97.6 Å². The minimum Gasteiger partial charge on any atom is -0.493 e. The molecule has 0 N–H and O–H groups in total. The number of benzene rings is 3. The highest BCUT2D eigenvalue weighted by Gasteiger charge is 2.35. The van der Waals surface area contributed by atoms with Crippen LogP contribution in [0.5, 0.6) is 23.0 Å². The minimum atomic E-state index is -0.829. The maximum atomic E-state index is 14.1. The number of ether oxygens (including phenoxy) is 5. The molecule has 0 bridgehead atoms. The molecule has 1 atom stereocenters. The Hall–Kier alpha value is -4.35. The van der Waals surface area contributed by atoms with E-state index >= 15 is 0 Å². The van der Waals surface area contributed by atoms with Gasteiger partial charge >= 0.3 is 5.97 Å². The highest BCUT2D eigenvalue weighted by Crippen LogP contribution is 2.41. The normalized spacial score (nSPS) is 14.4. The van der Waals surface area contributed by atoms with Gasteiger partial charge in [0.25, 0.3) is 5.56 Å². The Balaban J connectivity index is 1.61. The van der Waals surface area contributed by atoms with Crippen LogP contribution < -0.4 is 33.8 Å². The van der Waals surface area contributed by atoms with E-state index in [9.17, 15) is 9.59 Å². The van der Waals surface area contributed by atoms with E-state index in [2.05, 4.69) is 20.9 Å². The molecule has 11 heteroatoms. The lowest BCUT2D eigenvalue weighted by Crippen LogP contribution is -2.40. The van der Waals surface area contributed by atoms with Crippen molar-refractivity contribution in [2.75, 3.05) is 27.4 Å². The number of aromatic nitrogens is 1. The van der Waals surface area contributed by atoms with Gasteiger partial charge in [0.1, 0.15) is 6.61 Å². The van der Waals surface area contributed by atoms with Crippen LogP contribution in [0.25, 0.3) is 6.08 Å². The third-order valence-electron chi connectivity index (χ3n) is 7.12. The SMILES string of the molecule is CCOC(=O)C1=C(C)N=c2s/c(=C/c3ccc(OCc4ccccc4)c(OC)c3)c(=O)n2[C@@H]1c1cc(OC)c(OCC)cc1Br. The van der Waals surface area contributed by atoms with Gasteiger partial charge < -0.3 is 23.7 Å². The van der Waals surface area contributed by atoms with Crippen molar-refractivity contribution in [2.24, 2.45) is 4.99 Å². The van der Waals surface area contributed by atoms with Gasteiger partial charge in [-0.2, -0.15) is 0 Å². The van der Waals surface area contributed by atoms with Crippen LogP contribution in [0, 0.1) is 0 Å². The lowest BCUT2D eigenvalue weighted by Gasteiger charge is -2.26. The summed E-state index contributed by atoms with van der Waals surface area (Å²) in [6.07, 6.45) is 1.78. The van der Waals surface area contributed by atoms with Gasteiger partial charge in [-0.15, -0.1) is 0 Å². The number of hydrogen-bond acceptors (Lipinski definition) is 9. The third kappa shape index (κ3) is 6.69. The Morgan fingerprint density at radius 3 is 2.38 bits per heavy atom. The lowest BCUT2D eigenvalue weighted by molar-refractivity contribution is -0.139. The smallest absolute Gasteiger partial charge is 0.338 e. The van der Waals surface area contributed by atoms with Gasteiger partial charge in [-0.05, 0) is 67.8 Å². The van der Waals surface area contributed by atoms with Crippen molar-refractivity contribution in [3.05, 3.63) is 113 Å². The van der Waals surface area contributed by atoms with Gasteiger partial charge in [-0.3, -0.25) is 9.36 Å². The molecule has 0 amide bonds. The second kappa shape index (κ2) is 14.2. The Morgan fingerprint density at radius 2 is 1.69 bits per heavy atom. The monoisotopic (exact) mass is 692 g/mol. The maximum Gasteiger partial charge on any atom is 0.338 e. The molecule has 4 aromatic rings. The van der Waals surface area contributed by atoms with Crippen molar-refractivity contribution < 1.29 is 28.5 Å². The molecule has 0 radical (unpaired) electrons. The average molecular weight is 694 g/mol. The fraction of sp³-hybridized carbons (Fsp3) is 0.265. The molecule has 234 valence electrons. The van der Waals surface area contributed by atoms with E-state index in [0.717, 1.165) is 11.1 Å². The van der Waals surface area contributed by atoms with Gasteiger partial charge in [-0.1, -0.05) is 63.7 Å². The molecule has 1 aliphatic heterocycles. The first-order valence-electron chi connectivity index (χ1n) is 14.3. The molecule has 0 aliphatic carbocycles. The molecule has 5 rings (SSSR count). The Labute approximate surface area is 273 Å². The van der Waals surface area contributed by atoms with Crippen LogP contribution in [0.15, 0.2) is 86.2 Å². The molecule has 3 aromatic carbocycles. The van der Waals surface area contributed by atoms with Crippen LogP contribution in [-0.4, -0.2) is 38.0 Å². The highest BCUT2D eigenvalue weighted by molar-refractivity contribution is 9.10. The van der Waals surface area contributed by atoms with E-state index < -0.39 is 12.0 Å². The number of hydrogen-bond donors (Lipinski definition) is 0. The van der Waals surface area contributed by atoms with E-state index in [1.165, 1.54) is 15.9 Å². The van der Waals surface area contributed by atoms with E-state index in [4.69, 9.17) is 23.7 Å². The molecule has 1 aromatic heterocycles. The largest absolute Gasteiger partial charge is 0.493 e. The number of esters is 1. The number of carbonyl (C=O) groups excluding carboxylic acids is 1. The predicted octanol–water partition coefficient (Wildman–Crippen LogP) is 5.56. The number of fused-ring (bicyclic) bond motifs is 1. The Kier molecular flexibility index (Phi) is 10.1. The number of carbonyl (C=O) groups is 1. The third-order valence-corrected chi connectivity index (χ3v) is 8.79. The molecule has 45 heavy (non-hydrogen) atoms. The quantitative estimate of drug-likeness (QED) is 0.190. The van der Waals surface area contributed by atoms with Crippen molar-refractivity contribution in [1.29, 1.82) is 0 Å². The summed E-state index contributed by atoms with van der Waals surface area (Å²) >= 11 is 4.89. The zero-order valence-electron chi connectivity index (χ0n) is 25.6. The Bertz CT molecular complexity index is 1930. The van der Waals surface area contributed by atoms with Crippen molar-refractivity contribution in [1.82, 2.24) is 4.57 Å². The number of halogens is 1. The number of rotatable bonds is 11. The van der Waals surface area contributed by atoms with Crippen LogP contribution in [0.3, 0.4) is 0 Å². The van der Waals surface area contributed by atoms with Crippen LogP contribution >= 0.6 is 27.3 Å². The number of allylic oxidation sites excluding steroid dienone is 1. The first kappa shape index (κ1) is 32.1. The van der Waals surface area contributed by atoms with E-state index in [0.29, 0.717) is 61.3 Å². The number of methoxy groups -OCH3 is 2. The van der Waals surface area contributed by atoms with E-state index in [1.54, 1.807) is 46.3 Å². The standard InChI is InChI=1S/C34H33BrN2O7S/c1-6-42-28-18-24(35)23(17-27(28)41-5)31-30(33(39)43-7-2)20(3)36-34-37(31)32(38)29(45-34)16-22-13-14-25(26(15-22)40-4)44-19-21-11-9-8-10-12-21/h8-18,31H,6-7,19H2,1-5H3/b29-16+/t31-/m1/s1. The van der Waals surface area contributed by atoms with Crippen molar-refractivity contribution >= 4 is 39.3 Å². The van der Waals surface area contributed by atoms with Crippen LogP contribution in [0.4, 0.5) is 0 Å². The molecular weight excluding hydrogens is 660 g/mol. The summed E-state index contributed by atoms with van der Waals surface area (Å²) in [5, 5.41) is 0. The summed E-state index contributed by atoms with van der Waals surface area (Å²) in [6, 6.07) is 18.1. The molecule has 9 nitrogen and oxygen atoms in total. The van der Waals surface area contributed by atoms with Gasteiger partial charge in [0.15, 0.2) is 27.8 Å². The molecule has 0 saturated carbocycles. The van der Waals surface area contributed by atoms with Crippen molar-refractivity contribution in [3.63, 3.8) is 0 Å². The minimum absolute atomic E-state index is 0.174. The maximum absolute atomic E-state index is 14.1. The Morgan fingerprint density at radius 1 is 0.956 bits per heavy atom. The van der Waals surface area contributed by atoms with Crippen molar-refractivity contribution in [2.45, 2.75) is 33.4 Å². The van der Waals surface area contributed by atoms with Crippen molar-refractivity contribution in [3.8, 4) is 23.0 Å². The average Bonchev–Trinajstić information content (AvgIpc) is 3.34. The molecule has 1 aliphatic rings. The van der Waals surface area contributed by atoms with Crippen LogP contribution in [-0.2, 0) is 16.1 Å². The highest BCUT2D eigenvalue weighted by atomic mass is 79.9. The number of nitrogens with zero attached hydrogens (tertiary/aromatic N) is 2. The molecule has 0 saturated heterocycles. The summed E-state index contributed by atoms with van der Waals surface area (Å²) in [6.45, 7) is 6.37. The van der Waals surface area contributed by atoms with Gasteiger partial charge in [0.2, 0.25) is 0 Å². The molecular formula is C34H33BrN2O7S. The van der Waals surface area contributed by atoms with Crippen LogP contribution in [0.2, 0.25) is 0 Å². The molecule has 0 spiro atoms. The molecule has 0 unspecified atom stereocenters. The van der Waals surface area contributed by atoms with Gasteiger partial charge in [0, 0.05) is 4.47 Å². The molecule has 2 heterocycles. The second-order valence-corrected chi connectivity index (χ2v) is 11.8. The summed E-state index contributed by atoms with van der Waals surface area (Å²) in [5.74, 6) is 1.58. The van der Waals surface area contributed by atoms with Gasteiger partial charge in [-0.25, -0.2) is 9.79 Å². The van der Waals surface area contributed by atoms with E-state index in [1.807, 2.05) is 55.5 Å². The van der Waals surface area contributed by atoms with E-state index in [-0.39, 0.29) is 17.7 Å². The summed E-state index contributed by atoms with van der Waals surface area (Å²) in [4.78, 5) is 32.6. The predicted molar refractivity (Wildman–Crippen MR) is 176 cm³/mol. The molecule has 0 fully saturated rings. The second-order valence-electron chi connectivity index (χ2n) is 9.94. The van der Waals surface area contributed by atoms with Crippen LogP contribution in [0.1, 0.15) is 43.5 Å². The zero-order chi connectivity index (χ0) is 32.1. The first-order chi connectivity index (χ1) is 21.8.